The van der Waals surface area contributed by atoms with Crippen LogP contribution in [0.2, 0.25) is 0 Å². The topological polar surface area (TPSA) is 67.4 Å². The molecule has 7 heteroatoms. The predicted octanol–water partition coefficient (Wildman–Crippen LogP) is 8.70. The molecule has 2 unspecified atom stereocenters. The molecule has 0 aliphatic rings. The normalized spacial score (nSPS) is 13.5. The molecule has 45 heavy (non-hydrogen) atoms. The van der Waals surface area contributed by atoms with E-state index in [2.05, 4.69) is 66.5 Å². The van der Waals surface area contributed by atoms with Crippen molar-refractivity contribution in [2.24, 2.45) is 0 Å². The van der Waals surface area contributed by atoms with Crippen LogP contribution in [0, 0.1) is 0 Å². The maximum Gasteiger partial charge on any atom is 0.224 e. The minimum absolute atomic E-state index is 0.0948. The van der Waals surface area contributed by atoms with Gasteiger partial charge in [0.25, 0.3) is 0 Å². The lowest BCUT2D eigenvalue weighted by Crippen LogP contribution is -2.59. The number of quaternary nitrogens is 2. The van der Waals surface area contributed by atoms with E-state index in [1.54, 1.807) is 0 Å². The minimum Gasteiger partial charge on any atom is -0.370 e. The van der Waals surface area contributed by atoms with Crippen LogP contribution in [0.25, 0.3) is 0 Å². The summed E-state index contributed by atoms with van der Waals surface area (Å²) < 4.78 is 7.54. The van der Waals surface area contributed by atoms with Gasteiger partial charge in [0.15, 0.2) is 12.3 Å². The van der Waals surface area contributed by atoms with E-state index < -0.39 is 0 Å². The van der Waals surface area contributed by atoms with Gasteiger partial charge in [-0.2, -0.15) is 0 Å². The summed E-state index contributed by atoms with van der Waals surface area (Å²) >= 11 is 0. The Balaban J connectivity index is 4.24. The summed E-state index contributed by atoms with van der Waals surface area (Å²) in [5, 5.41) is 6.61. The summed E-state index contributed by atoms with van der Waals surface area (Å²) in [5.41, 5.74) is 0. The molecule has 0 aromatic heterocycles. The number of hydrogen-bond acceptors (Lipinski definition) is 3. The van der Waals surface area contributed by atoms with Gasteiger partial charge in [0, 0.05) is 25.7 Å². The molecular formula is C38H80N4O3+2. The van der Waals surface area contributed by atoms with E-state index in [-0.39, 0.29) is 24.1 Å². The van der Waals surface area contributed by atoms with Gasteiger partial charge in [0.2, 0.25) is 11.8 Å². The number of hydrogen-bond donors (Lipinski definition) is 2. The van der Waals surface area contributed by atoms with Crippen LogP contribution in [0.15, 0.2) is 0 Å². The molecule has 7 nitrogen and oxygen atoms in total. The first-order valence-corrected chi connectivity index (χ1v) is 19.4. The quantitative estimate of drug-likeness (QED) is 0.0439. The molecule has 0 heterocycles. The molecule has 0 radical (unpaired) electrons. The third-order valence-corrected chi connectivity index (χ3v) is 9.75. The second-order valence-electron chi connectivity index (χ2n) is 14.8. The Kier molecular flexibility index (Phi) is 27.2. The first-order chi connectivity index (χ1) is 21.5. The van der Waals surface area contributed by atoms with Crippen LogP contribution in [0.3, 0.4) is 0 Å². The van der Waals surface area contributed by atoms with Crippen LogP contribution < -0.4 is 10.6 Å². The monoisotopic (exact) mass is 641 g/mol. The van der Waals surface area contributed by atoms with E-state index in [0.29, 0.717) is 35.0 Å². The molecule has 0 bridgehead atoms. The predicted molar refractivity (Wildman–Crippen MR) is 193 cm³/mol. The summed E-state index contributed by atoms with van der Waals surface area (Å²) in [6.07, 6.45) is 26.1. The summed E-state index contributed by atoms with van der Waals surface area (Å²) in [6, 6.07) is 0. The van der Waals surface area contributed by atoms with Crippen molar-refractivity contribution in [3.63, 3.8) is 0 Å². The summed E-state index contributed by atoms with van der Waals surface area (Å²) in [4.78, 5) is 25.4. The second kappa shape index (κ2) is 27.9. The average Bonchev–Trinajstić information content (AvgIpc) is 3.00. The second-order valence-corrected chi connectivity index (χ2v) is 14.8. The number of ether oxygens (including phenoxy) is 1. The largest absolute Gasteiger partial charge is 0.370 e. The van der Waals surface area contributed by atoms with Gasteiger partial charge in [0.1, 0.15) is 13.1 Å². The smallest absolute Gasteiger partial charge is 0.224 e. The van der Waals surface area contributed by atoms with Crippen molar-refractivity contribution < 1.29 is 23.3 Å². The van der Waals surface area contributed by atoms with E-state index in [9.17, 15) is 9.59 Å². The number of unbranched alkanes of at least 4 members (excludes halogenated alkanes) is 16. The van der Waals surface area contributed by atoms with Crippen molar-refractivity contribution in [2.75, 3.05) is 54.5 Å². The highest BCUT2D eigenvalue weighted by Crippen LogP contribution is 2.14. The van der Waals surface area contributed by atoms with E-state index in [0.717, 1.165) is 51.6 Å². The fraction of sp³-hybridized carbons (Fsp3) is 0.947. The number of carbonyl (C=O) groups excluding carboxylic acids is 2. The number of nitrogens with zero attached hydrogens (tertiary/aromatic N) is 2. The Morgan fingerprint density at radius 2 is 0.778 bits per heavy atom. The lowest BCUT2D eigenvalue weighted by Gasteiger charge is -2.39. The first-order valence-electron chi connectivity index (χ1n) is 19.4. The van der Waals surface area contributed by atoms with E-state index in [4.69, 9.17) is 4.74 Å². The molecule has 0 rings (SSSR count). The van der Waals surface area contributed by atoms with Crippen LogP contribution in [0.5, 0.6) is 0 Å². The molecule has 0 spiro atoms. The molecule has 2 atom stereocenters. The van der Waals surface area contributed by atoms with Crippen molar-refractivity contribution in [1.29, 1.82) is 0 Å². The van der Waals surface area contributed by atoms with E-state index in [1.807, 2.05) is 0 Å². The molecule has 268 valence electrons. The molecule has 2 N–H and O–H groups in total. The molecule has 0 saturated carbocycles. The number of likely N-dealkylation sites (N-methyl/N-ethyl adjacent to an activating group) is 2. The number of carbonyl (C=O) groups is 2. The Bertz CT molecular complexity index is 655. The lowest BCUT2D eigenvalue weighted by molar-refractivity contribution is -0.921. The summed E-state index contributed by atoms with van der Waals surface area (Å²) in [7, 11) is 8.75. The Morgan fingerprint density at radius 3 is 1.07 bits per heavy atom. The van der Waals surface area contributed by atoms with Crippen molar-refractivity contribution in [3.05, 3.63) is 0 Å². The van der Waals surface area contributed by atoms with Gasteiger partial charge in [-0.05, 0) is 12.8 Å². The van der Waals surface area contributed by atoms with Gasteiger partial charge in [-0.1, -0.05) is 130 Å². The highest BCUT2D eigenvalue weighted by atomic mass is 16.5. The molecular weight excluding hydrogens is 560 g/mol. The zero-order valence-electron chi connectivity index (χ0n) is 31.7. The number of nitrogens with one attached hydrogen (secondary N) is 2. The van der Waals surface area contributed by atoms with Gasteiger partial charge in [0.05, 0.1) is 41.4 Å². The Hall–Kier alpha value is -1.18. The Morgan fingerprint density at radius 1 is 0.489 bits per heavy atom. The third-order valence-electron chi connectivity index (χ3n) is 9.75. The molecule has 0 saturated heterocycles. The van der Waals surface area contributed by atoms with Crippen LogP contribution >= 0.6 is 0 Å². The van der Waals surface area contributed by atoms with Crippen LogP contribution in [-0.4, -0.2) is 87.6 Å². The molecule has 0 aliphatic heterocycles. The Labute approximate surface area is 281 Å². The van der Waals surface area contributed by atoms with Gasteiger partial charge in [-0.3, -0.25) is 9.59 Å². The molecule has 0 aromatic carbocycles. The van der Waals surface area contributed by atoms with Gasteiger partial charge >= 0.3 is 0 Å². The number of amides is 2. The molecule has 0 fully saturated rings. The van der Waals surface area contributed by atoms with Crippen LogP contribution in [0.1, 0.15) is 169 Å². The lowest BCUT2D eigenvalue weighted by atomic mass is 10.1. The minimum atomic E-state index is 0.0948. The SMILES string of the molecule is CCCCCCCCCCCC(=O)NC(CC)[N+](C)(C)CCOCC[N+](C)(C)C(CC)NC(=O)CCCCCCCCCCC. The van der Waals surface area contributed by atoms with Crippen molar-refractivity contribution >= 4 is 11.8 Å². The van der Waals surface area contributed by atoms with Crippen LogP contribution in [0.4, 0.5) is 0 Å². The zero-order valence-corrected chi connectivity index (χ0v) is 31.7. The van der Waals surface area contributed by atoms with E-state index >= 15 is 0 Å². The number of rotatable bonds is 32. The molecule has 0 aliphatic carbocycles. The van der Waals surface area contributed by atoms with Crippen molar-refractivity contribution in [2.45, 2.75) is 181 Å². The van der Waals surface area contributed by atoms with Crippen LogP contribution in [-0.2, 0) is 14.3 Å². The average molecular weight is 641 g/mol. The fourth-order valence-corrected chi connectivity index (χ4v) is 6.26. The molecule has 0 aromatic rings. The summed E-state index contributed by atoms with van der Waals surface area (Å²) in [5.74, 6) is 0.364. The molecule has 2 amide bonds. The highest BCUT2D eigenvalue weighted by molar-refractivity contribution is 5.76. The zero-order chi connectivity index (χ0) is 33.8. The van der Waals surface area contributed by atoms with Crippen molar-refractivity contribution in [3.8, 4) is 0 Å². The van der Waals surface area contributed by atoms with Gasteiger partial charge < -0.3 is 24.3 Å². The van der Waals surface area contributed by atoms with E-state index in [1.165, 1.54) is 89.9 Å². The first kappa shape index (κ1) is 43.8. The van der Waals surface area contributed by atoms with Crippen molar-refractivity contribution in [1.82, 2.24) is 10.6 Å². The van der Waals surface area contributed by atoms with Gasteiger partial charge in [-0.25, -0.2) is 0 Å². The highest BCUT2D eigenvalue weighted by Gasteiger charge is 2.29. The maximum absolute atomic E-state index is 12.7. The maximum atomic E-state index is 12.7. The standard InChI is InChI=1S/C38H78N4O3/c1-9-13-15-17-19-21-23-25-27-29-37(43)39-35(11-3)41(5,6)31-33-45-34-32-42(7,8)36(12-4)40-38(44)30-28-26-24-22-20-18-16-14-10-2/h35-36H,9-34H2,1-8H3/p+2. The van der Waals surface area contributed by atoms with Gasteiger partial charge in [-0.15, -0.1) is 0 Å². The fourth-order valence-electron chi connectivity index (χ4n) is 6.26. The summed E-state index contributed by atoms with van der Waals surface area (Å²) in [6.45, 7) is 11.8. The third kappa shape index (κ3) is 23.7.